The number of carbonyl (C=O) groups is 1. The van der Waals surface area contributed by atoms with E-state index in [1.807, 2.05) is 11.2 Å². The minimum atomic E-state index is 0. The predicted molar refractivity (Wildman–Crippen MR) is 54.2 cm³/mol. The van der Waals surface area contributed by atoms with E-state index in [1.54, 1.807) is 7.05 Å². The van der Waals surface area contributed by atoms with Gasteiger partial charge in [-0.15, -0.1) is 0 Å². The Balaban J connectivity index is 0.00000121. The normalized spacial score (nSPS) is 25.8. The summed E-state index contributed by atoms with van der Waals surface area (Å²) in [5.74, 6) is 0.0669. The molecule has 0 aromatic rings. The van der Waals surface area contributed by atoms with Gasteiger partial charge in [0.15, 0.2) is 0 Å². The molecule has 1 amide bonds. The average Bonchev–Trinajstić information content (AvgIpc) is 2.78. The van der Waals surface area contributed by atoms with Gasteiger partial charge in [0, 0.05) is 13.6 Å². The Morgan fingerprint density at radius 2 is 2.50 bits per heavy atom. The van der Waals surface area contributed by atoms with E-state index in [2.05, 4.69) is 5.32 Å². The van der Waals surface area contributed by atoms with Crippen LogP contribution in [0.15, 0.2) is 0 Å². The average molecular weight is 210 g/mol. The van der Waals surface area contributed by atoms with Gasteiger partial charge in [0.05, 0.1) is 18.8 Å². The van der Waals surface area contributed by atoms with Gasteiger partial charge in [-0.05, 0) is 6.92 Å². The maximum Gasteiger partial charge on any atom is 0.239 e. The van der Waals surface area contributed by atoms with Gasteiger partial charge in [-0.25, -0.2) is 4.31 Å². The first-order valence-corrected chi connectivity index (χ1v) is 4.27. The van der Waals surface area contributed by atoms with Crippen molar-refractivity contribution in [3.63, 3.8) is 0 Å². The Kier molecular flexibility index (Phi) is 5.73. The monoisotopic (exact) mass is 210 g/mol. The minimum absolute atomic E-state index is 0. The van der Waals surface area contributed by atoms with E-state index < -0.39 is 0 Å². The molecule has 2 unspecified atom stereocenters. The van der Waals surface area contributed by atoms with Crippen LogP contribution in [0.25, 0.3) is 0 Å². The summed E-state index contributed by atoms with van der Waals surface area (Å²) in [5, 5.41) is 2.58. The molecular weight excluding hydrogens is 196 g/mol. The number of likely N-dealkylation sites (N-methyl/N-ethyl adjacent to an activating group) is 1. The maximum absolute atomic E-state index is 10.9. The lowest BCUT2D eigenvalue weighted by Gasteiger charge is -1.99. The second kappa shape index (κ2) is 5.69. The van der Waals surface area contributed by atoms with Gasteiger partial charge >= 0.3 is 0 Å². The van der Waals surface area contributed by atoms with Crippen LogP contribution in [0.1, 0.15) is 6.92 Å². The van der Waals surface area contributed by atoms with E-state index in [1.165, 1.54) is 12.2 Å². The van der Waals surface area contributed by atoms with Crippen LogP contribution in [0.2, 0.25) is 0 Å². The number of hydrogen-bond acceptors (Lipinski definition) is 4. The lowest BCUT2D eigenvalue weighted by molar-refractivity contribution is -0.120. The van der Waals surface area contributed by atoms with Gasteiger partial charge in [-0.2, -0.15) is 13.5 Å². The van der Waals surface area contributed by atoms with Crippen molar-refractivity contribution in [1.82, 2.24) is 9.62 Å². The Morgan fingerprint density at radius 1 is 1.83 bits per heavy atom. The Labute approximate surface area is 83.8 Å². The molecule has 72 valence electrons. The van der Waals surface area contributed by atoms with Crippen molar-refractivity contribution in [2.75, 3.05) is 20.2 Å². The molecule has 0 radical (unpaired) electrons. The fraction of sp³-hybridized carbons (Fsp3) is 0.833. The van der Waals surface area contributed by atoms with E-state index in [9.17, 15) is 4.79 Å². The third-order valence-corrected chi connectivity index (χ3v) is 2.32. The van der Waals surface area contributed by atoms with Crippen molar-refractivity contribution in [1.29, 1.82) is 0 Å². The standard InChI is InChI=1S/C6H12N2O2S.H2S/c1-3-10-11-8-4-5(8)6(9)7-2;/h5H,3-4H2,1-2H3,(H,7,9);1H2. The second-order valence-corrected chi connectivity index (χ2v) is 3.06. The zero-order chi connectivity index (χ0) is 8.27. The largest absolute Gasteiger partial charge is 0.358 e. The summed E-state index contributed by atoms with van der Waals surface area (Å²) in [6.07, 6.45) is 0. The minimum Gasteiger partial charge on any atom is -0.358 e. The Bertz CT molecular complexity index is 156. The molecule has 1 aliphatic rings. The number of nitrogens with one attached hydrogen (secondary N) is 1. The van der Waals surface area contributed by atoms with Crippen molar-refractivity contribution < 1.29 is 8.98 Å². The fourth-order valence-corrected chi connectivity index (χ4v) is 1.35. The predicted octanol–water partition coefficient (Wildman–Crippen LogP) is 0.129. The molecule has 1 saturated heterocycles. The van der Waals surface area contributed by atoms with E-state index in [-0.39, 0.29) is 25.4 Å². The molecule has 0 spiro atoms. The van der Waals surface area contributed by atoms with Crippen molar-refractivity contribution in [2.24, 2.45) is 0 Å². The highest BCUT2D eigenvalue weighted by atomic mass is 32.2. The van der Waals surface area contributed by atoms with Crippen LogP contribution in [0, 0.1) is 0 Å². The van der Waals surface area contributed by atoms with Crippen LogP contribution in [-0.4, -0.2) is 36.5 Å². The molecule has 0 bridgehead atoms. The molecule has 1 heterocycles. The van der Waals surface area contributed by atoms with Gasteiger partial charge in [0.25, 0.3) is 0 Å². The molecule has 1 N–H and O–H groups in total. The SMILES string of the molecule is CCOSN1CC1C(=O)NC.S. The van der Waals surface area contributed by atoms with Crippen LogP contribution < -0.4 is 5.32 Å². The molecule has 12 heavy (non-hydrogen) atoms. The van der Waals surface area contributed by atoms with Crippen LogP contribution in [0.4, 0.5) is 0 Å². The summed E-state index contributed by atoms with van der Waals surface area (Å²) in [7, 11) is 1.64. The summed E-state index contributed by atoms with van der Waals surface area (Å²) in [5.41, 5.74) is 0. The zero-order valence-electron chi connectivity index (χ0n) is 7.16. The molecule has 0 aliphatic carbocycles. The lowest BCUT2D eigenvalue weighted by atomic mass is 10.4. The number of hydrogen-bond donors (Lipinski definition) is 1. The van der Waals surface area contributed by atoms with Gasteiger partial charge in [-0.3, -0.25) is 4.79 Å². The lowest BCUT2D eigenvalue weighted by Crippen LogP contribution is -2.25. The summed E-state index contributed by atoms with van der Waals surface area (Å²) in [6.45, 7) is 3.39. The first-order chi connectivity index (χ1) is 5.29. The number of amides is 1. The van der Waals surface area contributed by atoms with E-state index >= 15 is 0 Å². The molecule has 0 aromatic carbocycles. The first kappa shape index (κ1) is 12.1. The smallest absolute Gasteiger partial charge is 0.239 e. The summed E-state index contributed by atoms with van der Waals surface area (Å²) in [4.78, 5) is 10.9. The quantitative estimate of drug-likeness (QED) is 0.407. The number of rotatable bonds is 4. The van der Waals surface area contributed by atoms with Crippen molar-refractivity contribution in [3.05, 3.63) is 0 Å². The van der Waals surface area contributed by atoms with Crippen LogP contribution in [0.5, 0.6) is 0 Å². The van der Waals surface area contributed by atoms with Gasteiger partial charge in [0.2, 0.25) is 5.91 Å². The summed E-state index contributed by atoms with van der Waals surface area (Å²) >= 11 is 1.27. The molecule has 0 saturated carbocycles. The van der Waals surface area contributed by atoms with Crippen LogP contribution in [0.3, 0.4) is 0 Å². The van der Waals surface area contributed by atoms with E-state index in [0.717, 1.165) is 6.54 Å². The molecule has 1 rings (SSSR count). The zero-order valence-corrected chi connectivity index (χ0v) is 8.98. The van der Waals surface area contributed by atoms with Gasteiger partial charge in [0.1, 0.15) is 6.04 Å². The summed E-state index contributed by atoms with van der Waals surface area (Å²) < 4.78 is 6.94. The second-order valence-electron chi connectivity index (χ2n) is 2.21. The maximum atomic E-state index is 10.9. The third kappa shape index (κ3) is 3.22. The highest BCUT2D eigenvalue weighted by molar-refractivity contribution is 7.92. The Hall–Kier alpha value is 0.0900. The van der Waals surface area contributed by atoms with Crippen molar-refractivity contribution in [3.8, 4) is 0 Å². The van der Waals surface area contributed by atoms with Crippen LogP contribution >= 0.6 is 25.7 Å². The number of nitrogens with zero attached hydrogens (tertiary/aromatic N) is 1. The molecule has 2 atom stereocenters. The highest BCUT2D eigenvalue weighted by Gasteiger charge is 2.41. The molecular formula is C6H14N2O2S2. The van der Waals surface area contributed by atoms with Gasteiger partial charge < -0.3 is 9.50 Å². The van der Waals surface area contributed by atoms with Gasteiger partial charge in [-0.1, -0.05) is 0 Å². The van der Waals surface area contributed by atoms with E-state index in [4.69, 9.17) is 4.18 Å². The highest BCUT2D eigenvalue weighted by Crippen LogP contribution is 2.28. The summed E-state index contributed by atoms with van der Waals surface area (Å²) in [6, 6.07) is 0.0246. The van der Waals surface area contributed by atoms with E-state index in [0.29, 0.717) is 6.61 Å². The number of carbonyl (C=O) groups excluding carboxylic acids is 1. The van der Waals surface area contributed by atoms with Crippen molar-refractivity contribution in [2.45, 2.75) is 13.0 Å². The van der Waals surface area contributed by atoms with Crippen LogP contribution in [-0.2, 0) is 8.98 Å². The Morgan fingerprint density at radius 3 is 3.00 bits per heavy atom. The molecule has 6 heteroatoms. The van der Waals surface area contributed by atoms with Crippen molar-refractivity contribution >= 4 is 31.6 Å². The molecule has 4 nitrogen and oxygen atoms in total. The molecule has 1 aliphatic heterocycles. The molecule has 0 aromatic heterocycles. The first-order valence-electron chi connectivity index (χ1n) is 3.57. The topological polar surface area (TPSA) is 41.3 Å². The third-order valence-electron chi connectivity index (χ3n) is 1.38. The molecule has 1 fully saturated rings. The fourth-order valence-electron chi connectivity index (χ4n) is 0.706.